The predicted octanol–water partition coefficient (Wildman–Crippen LogP) is 4.82. The Bertz CT molecular complexity index is 1260. The minimum absolute atomic E-state index is 0.257. The van der Waals surface area contributed by atoms with Crippen molar-refractivity contribution in [1.29, 1.82) is 0 Å². The van der Waals surface area contributed by atoms with E-state index in [4.69, 9.17) is 0 Å². The van der Waals surface area contributed by atoms with Gasteiger partial charge < -0.3 is 9.88 Å². The third-order valence-electron chi connectivity index (χ3n) is 6.96. The van der Waals surface area contributed by atoms with Crippen molar-refractivity contribution in [2.45, 2.75) is 51.0 Å². The Morgan fingerprint density at radius 1 is 0.935 bits per heavy atom. The highest BCUT2D eigenvalue weighted by atomic mass is 32.2. The molecule has 0 saturated carbocycles. The molecule has 6 heteroatoms. The molecule has 5 nitrogen and oxygen atoms in total. The summed E-state index contributed by atoms with van der Waals surface area (Å²) in [6.07, 6.45) is 3.59. The highest BCUT2D eigenvalue weighted by molar-refractivity contribution is 7.89. The highest BCUT2D eigenvalue weighted by Crippen LogP contribution is 2.45. The summed E-state index contributed by atoms with van der Waals surface area (Å²) in [6.45, 7) is 9.18. The Morgan fingerprint density at radius 2 is 1.61 bits per heavy atom. The summed E-state index contributed by atoms with van der Waals surface area (Å²) in [7, 11) is -3.50. The SMILES string of the molecule is Cc1cc(C)cc(S(=O)(=O)N2CCC3(CC2)Nc2ccc(C)c(C)c2-n2cccc23)c1. The lowest BCUT2D eigenvalue weighted by atomic mass is 9.82. The fourth-order valence-electron chi connectivity index (χ4n) is 5.22. The van der Waals surface area contributed by atoms with E-state index in [0.717, 1.165) is 29.7 Å². The van der Waals surface area contributed by atoms with Gasteiger partial charge in [0.1, 0.15) is 0 Å². The molecule has 3 heterocycles. The summed E-state index contributed by atoms with van der Waals surface area (Å²) in [5.41, 5.74) is 7.78. The lowest BCUT2D eigenvalue weighted by Crippen LogP contribution is -2.51. The van der Waals surface area contributed by atoms with Gasteiger partial charge in [0.2, 0.25) is 10.0 Å². The molecule has 2 aliphatic rings. The molecule has 0 amide bonds. The van der Waals surface area contributed by atoms with Crippen LogP contribution in [0.4, 0.5) is 5.69 Å². The van der Waals surface area contributed by atoms with E-state index in [2.05, 4.69) is 54.2 Å². The van der Waals surface area contributed by atoms with Gasteiger partial charge in [-0.15, -0.1) is 0 Å². The predicted molar refractivity (Wildman–Crippen MR) is 124 cm³/mol. The van der Waals surface area contributed by atoms with Gasteiger partial charge in [-0.3, -0.25) is 0 Å². The first-order valence-electron chi connectivity index (χ1n) is 10.9. The van der Waals surface area contributed by atoms with E-state index in [9.17, 15) is 8.42 Å². The molecular weight excluding hydrogens is 406 g/mol. The monoisotopic (exact) mass is 435 g/mol. The second-order valence-corrected chi connectivity index (χ2v) is 11.0. The van der Waals surface area contributed by atoms with Crippen LogP contribution in [0.5, 0.6) is 0 Å². The molecule has 1 saturated heterocycles. The van der Waals surface area contributed by atoms with E-state index < -0.39 is 10.0 Å². The van der Waals surface area contributed by atoms with E-state index in [1.807, 2.05) is 19.9 Å². The Morgan fingerprint density at radius 3 is 2.29 bits per heavy atom. The Balaban J connectivity index is 1.47. The molecule has 3 aromatic rings. The molecular formula is C25H29N3O2S. The molecule has 0 atom stereocenters. The number of hydrogen-bond donors (Lipinski definition) is 1. The average Bonchev–Trinajstić information content (AvgIpc) is 3.21. The maximum atomic E-state index is 13.3. The van der Waals surface area contributed by atoms with Gasteiger partial charge in [-0.1, -0.05) is 12.1 Å². The highest BCUT2D eigenvalue weighted by Gasteiger charge is 2.44. The number of aryl methyl sites for hydroxylation is 3. The summed E-state index contributed by atoms with van der Waals surface area (Å²) < 4.78 is 30.6. The van der Waals surface area contributed by atoms with Crippen LogP contribution in [0.3, 0.4) is 0 Å². The van der Waals surface area contributed by atoms with E-state index in [0.29, 0.717) is 18.0 Å². The number of piperidine rings is 1. The Labute approximate surface area is 184 Å². The number of nitrogens with zero attached hydrogens (tertiary/aromatic N) is 2. The number of aromatic nitrogens is 1. The van der Waals surface area contributed by atoms with Crippen LogP contribution in [0.2, 0.25) is 0 Å². The summed E-state index contributed by atoms with van der Waals surface area (Å²) in [4.78, 5) is 0.400. The summed E-state index contributed by atoms with van der Waals surface area (Å²) in [5, 5.41) is 3.81. The molecule has 0 unspecified atom stereocenters. The van der Waals surface area contributed by atoms with Crippen molar-refractivity contribution < 1.29 is 8.42 Å². The number of rotatable bonds is 2. The second-order valence-electron chi connectivity index (χ2n) is 9.10. The number of anilines is 1. The number of fused-ring (bicyclic) bond motifs is 4. The van der Waals surface area contributed by atoms with E-state index in [1.54, 1.807) is 16.4 Å². The minimum atomic E-state index is -3.50. The van der Waals surface area contributed by atoms with E-state index in [1.165, 1.54) is 22.5 Å². The molecule has 162 valence electrons. The first kappa shape index (κ1) is 20.3. The van der Waals surface area contributed by atoms with Crippen LogP contribution in [-0.2, 0) is 15.6 Å². The third-order valence-corrected chi connectivity index (χ3v) is 8.84. The zero-order valence-electron chi connectivity index (χ0n) is 18.6. The normalized spacial score (nSPS) is 17.8. The second kappa shape index (κ2) is 6.97. The number of nitrogens with one attached hydrogen (secondary N) is 1. The first-order chi connectivity index (χ1) is 14.7. The molecule has 1 spiro atoms. The molecule has 1 N–H and O–H groups in total. The van der Waals surface area contributed by atoms with Crippen molar-refractivity contribution in [3.05, 3.63) is 76.6 Å². The molecule has 31 heavy (non-hydrogen) atoms. The van der Waals surface area contributed by atoms with Crippen molar-refractivity contribution in [1.82, 2.24) is 8.87 Å². The lowest BCUT2D eigenvalue weighted by molar-refractivity contribution is 0.247. The standard InChI is InChI=1S/C25H29N3O2S/c1-17-14-18(2)16-21(15-17)31(29,30)27-12-9-25(10-13-27)23-6-5-11-28(23)24-20(4)19(3)7-8-22(24)26-25/h5-8,11,14-16,26H,9-10,12-13H2,1-4H3. The third kappa shape index (κ3) is 3.12. The summed E-state index contributed by atoms with van der Waals surface area (Å²) in [6, 6.07) is 14.1. The van der Waals surface area contributed by atoms with Crippen LogP contribution in [0.15, 0.2) is 53.6 Å². The fourth-order valence-corrected chi connectivity index (χ4v) is 6.85. The van der Waals surface area contributed by atoms with Crippen LogP contribution >= 0.6 is 0 Å². The van der Waals surface area contributed by atoms with E-state index >= 15 is 0 Å². The van der Waals surface area contributed by atoms with Gasteiger partial charge >= 0.3 is 0 Å². The van der Waals surface area contributed by atoms with Crippen molar-refractivity contribution >= 4 is 15.7 Å². The van der Waals surface area contributed by atoms with Crippen molar-refractivity contribution in [2.75, 3.05) is 18.4 Å². The Hall–Kier alpha value is -2.57. The molecule has 5 rings (SSSR count). The lowest BCUT2D eigenvalue weighted by Gasteiger charge is -2.46. The number of sulfonamides is 1. The zero-order chi connectivity index (χ0) is 22.0. The summed E-state index contributed by atoms with van der Waals surface area (Å²) >= 11 is 0. The van der Waals surface area contributed by atoms with Crippen LogP contribution < -0.4 is 5.32 Å². The van der Waals surface area contributed by atoms with Crippen LogP contribution in [-0.4, -0.2) is 30.4 Å². The van der Waals surface area contributed by atoms with Crippen molar-refractivity contribution in [3.63, 3.8) is 0 Å². The van der Waals surface area contributed by atoms with Crippen molar-refractivity contribution in [2.24, 2.45) is 0 Å². The first-order valence-corrected chi connectivity index (χ1v) is 12.3. The zero-order valence-corrected chi connectivity index (χ0v) is 19.4. The maximum Gasteiger partial charge on any atom is 0.243 e. The van der Waals surface area contributed by atoms with Gasteiger partial charge in [-0.05, 0) is 93.1 Å². The maximum absolute atomic E-state index is 13.3. The largest absolute Gasteiger partial charge is 0.372 e. The van der Waals surface area contributed by atoms with Crippen LogP contribution in [0.1, 0.15) is 40.8 Å². The van der Waals surface area contributed by atoms with Gasteiger partial charge in [0, 0.05) is 25.0 Å². The van der Waals surface area contributed by atoms with Gasteiger partial charge in [0.05, 0.1) is 21.8 Å². The molecule has 2 aliphatic heterocycles. The minimum Gasteiger partial charge on any atom is -0.372 e. The van der Waals surface area contributed by atoms with Gasteiger partial charge in [0.25, 0.3) is 0 Å². The quantitative estimate of drug-likeness (QED) is 0.628. The molecule has 0 aliphatic carbocycles. The molecule has 2 aromatic carbocycles. The number of hydrogen-bond acceptors (Lipinski definition) is 3. The van der Waals surface area contributed by atoms with Crippen LogP contribution in [0, 0.1) is 27.7 Å². The molecule has 1 aromatic heterocycles. The van der Waals surface area contributed by atoms with Crippen molar-refractivity contribution in [3.8, 4) is 5.69 Å². The molecule has 0 bridgehead atoms. The van der Waals surface area contributed by atoms with Crippen LogP contribution in [0.25, 0.3) is 5.69 Å². The summed E-state index contributed by atoms with van der Waals surface area (Å²) in [5.74, 6) is 0. The van der Waals surface area contributed by atoms with E-state index in [-0.39, 0.29) is 5.54 Å². The van der Waals surface area contributed by atoms with Gasteiger partial charge in [0.15, 0.2) is 0 Å². The average molecular weight is 436 g/mol. The van der Waals surface area contributed by atoms with Gasteiger partial charge in [-0.25, -0.2) is 8.42 Å². The van der Waals surface area contributed by atoms with Gasteiger partial charge in [-0.2, -0.15) is 4.31 Å². The topological polar surface area (TPSA) is 54.3 Å². The molecule has 1 fully saturated rings. The molecule has 0 radical (unpaired) electrons. The Kier molecular flexibility index (Phi) is 4.57. The number of benzene rings is 2. The smallest absolute Gasteiger partial charge is 0.243 e. The fraction of sp³-hybridized carbons (Fsp3) is 0.360.